The van der Waals surface area contributed by atoms with E-state index >= 15 is 0 Å². The maximum absolute atomic E-state index is 12.6. The van der Waals surface area contributed by atoms with Gasteiger partial charge in [-0.25, -0.2) is 4.79 Å². The first-order valence-corrected chi connectivity index (χ1v) is 11.8. The maximum Gasteiger partial charge on any atom is 0.333 e. The third-order valence-corrected chi connectivity index (χ3v) is 6.34. The fraction of sp³-hybridized carbons (Fsp3) is 0.192. The van der Waals surface area contributed by atoms with Gasteiger partial charge in [0.05, 0.1) is 10.2 Å². The van der Waals surface area contributed by atoms with Gasteiger partial charge in [0.25, 0.3) is 11.8 Å². The number of hydrogen-bond acceptors (Lipinski definition) is 5. The van der Waals surface area contributed by atoms with E-state index in [4.69, 9.17) is 9.47 Å². The van der Waals surface area contributed by atoms with E-state index in [1.54, 1.807) is 6.07 Å². The molecule has 4 amide bonds. The molecule has 3 aromatic rings. The Morgan fingerprint density at radius 1 is 0.912 bits per heavy atom. The van der Waals surface area contributed by atoms with Crippen LogP contribution in [-0.4, -0.2) is 48.3 Å². The lowest BCUT2D eigenvalue weighted by Crippen LogP contribution is -2.52. The van der Waals surface area contributed by atoms with Gasteiger partial charge in [0, 0.05) is 14.1 Å². The van der Waals surface area contributed by atoms with Crippen molar-refractivity contribution in [1.29, 1.82) is 0 Å². The minimum Gasteiger partial charge on any atom is -0.490 e. The lowest BCUT2D eigenvalue weighted by Gasteiger charge is -2.28. The lowest BCUT2D eigenvalue weighted by atomic mass is 10.1. The lowest BCUT2D eigenvalue weighted by molar-refractivity contribution is -0.134. The van der Waals surface area contributed by atoms with Gasteiger partial charge >= 0.3 is 6.03 Å². The number of ether oxygens (including phenoxy) is 2. The Morgan fingerprint density at radius 2 is 1.59 bits per heavy atom. The van der Waals surface area contributed by atoms with Crippen LogP contribution in [0.15, 0.2) is 60.2 Å². The van der Waals surface area contributed by atoms with E-state index in [-0.39, 0.29) is 5.57 Å². The van der Waals surface area contributed by atoms with Crippen molar-refractivity contribution in [3.63, 3.8) is 0 Å². The van der Waals surface area contributed by atoms with Gasteiger partial charge in [-0.3, -0.25) is 19.4 Å². The molecule has 1 heterocycles. The summed E-state index contributed by atoms with van der Waals surface area (Å²) in [5.74, 6) is -0.187. The SMILES string of the molecule is CCOc1cc(C=C2C(=O)N(C)C(=O)N(C)C2=O)cc(I)c1OCc1cccc2ccccc12. The van der Waals surface area contributed by atoms with Crippen LogP contribution in [0.2, 0.25) is 0 Å². The van der Waals surface area contributed by atoms with Crippen molar-refractivity contribution in [3.05, 3.63) is 74.9 Å². The second-order valence-corrected chi connectivity index (χ2v) is 8.92. The Morgan fingerprint density at radius 3 is 2.29 bits per heavy atom. The topological polar surface area (TPSA) is 76.2 Å². The molecule has 3 aromatic carbocycles. The number of hydrogen-bond donors (Lipinski definition) is 0. The van der Waals surface area contributed by atoms with Crippen LogP contribution in [0.25, 0.3) is 16.8 Å². The molecule has 8 heteroatoms. The molecule has 0 atom stereocenters. The minimum atomic E-state index is -0.658. The van der Waals surface area contributed by atoms with E-state index < -0.39 is 17.8 Å². The fourth-order valence-corrected chi connectivity index (χ4v) is 4.57. The maximum atomic E-state index is 12.6. The van der Waals surface area contributed by atoms with E-state index in [2.05, 4.69) is 40.8 Å². The first-order chi connectivity index (χ1) is 16.3. The summed E-state index contributed by atoms with van der Waals surface area (Å²) in [6.07, 6.45) is 1.48. The predicted octanol–water partition coefficient (Wildman–Crippen LogP) is 4.86. The van der Waals surface area contributed by atoms with Gasteiger partial charge in [-0.1, -0.05) is 42.5 Å². The Labute approximate surface area is 211 Å². The predicted molar refractivity (Wildman–Crippen MR) is 138 cm³/mol. The van der Waals surface area contributed by atoms with Crippen molar-refractivity contribution in [1.82, 2.24) is 9.80 Å². The number of likely N-dealkylation sites (N-methyl/N-ethyl adjacent to an activating group) is 2. The quantitative estimate of drug-likeness (QED) is 0.241. The summed E-state index contributed by atoms with van der Waals surface area (Å²) >= 11 is 2.15. The zero-order chi connectivity index (χ0) is 24.4. The van der Waals surface area contributed by atoms with E-state index in [0.29, 0.717) is 30.3 Å². The van der Waals surface area contributed by atoms with Crippen LogP contribution < -0.4 is 9.47 Å². The number of urea groups is 1. The van der Waals surface area contributed by atoms with Crippen molar-refractivity contribution >= 4 is 57.3 Å². The number of amides is 4. The molecule has 4 rings (SSSR count). The van der Waals surface area contributed by atoms with Crippen LogP contribution in [0.4, 0.5) is 4.79 Å². The monoisotopic (exact) mass is 570 g/mol. The number of carbonyl (C=O) groups excluding carboxylic acids is 3. The zero-order valence-corrected chi connectivity index (χ0v) is 21.2. The Kier molecular flexibility index (Phi) is 6.87. The van der Waals surface area contributed by atoms with Crippen LogP contribution >= 0.6 is 22.6 Å². The summed E-state index contributed by atoms with van der Waals surface area (Å²) in [6, 6.07) is 17.1. The highest BCUT2D eigenvalue weighted by Crippen LogP contribution is 2.36. The molecule has 1 fully saturated rings. The zero-order valence-electron chi connectivity index (χ0n) is 19.0. The average molecular weight is 570 g/mol. The minimum absolute atomic E-state index is 0.0905. The standard InChI is InChI=1S/C26H23IN2O5/c1-4-33-22-14-16(12-20-24(30)28(2)26(32)29(3)25(20)31)13-21(27)23(22)34-15-18-10-7-9-17-8-5-6-11-19(17)18/h5-14H,4,15H2,1-3H3. The van der Waals surface area contributed by atoms with Crippen molar-refractivity contribution < 1.29 is 23.9 Å². The highest BCUT2D eigenvalue weighted by Gasteiger charge is 2.37. The molecule has 1 aliphatic rings. The van der Waals surface area contributed by atoms with Gasteiger partial charge in [0.1, 0.15) is 12.2 Å². The van der Waals surface area contributed by atoms with Crippen molar-refractivity contribution in [3.8, 4) is 11.5 Å². The summed E-state index contributed by atoms with van der Waals surface area (Å²) < 4.78 is 12.8. The first-order valence-electron chi connectivity index (χ1n) is 10.7. The Bertz CT molecular complexity index is 1300. The molecule has 174 valence electrons. The number of rotatable bonds is 6. The van der Waals surface area contributed by atoms with E-state index in [1.165, 1.54) is 20.2 Å². The molecular weight excluding hydrogens is 547 g/mol. The fourth-order valence-electron chi connectivity index (χ4n) is 3.78. The van der Waals surface area contributed by atoms with Gasteiger partial charge in [-0.15, -0.1) is 0 Å². The number of benzene rings is 3. The molecule has 34 heavy (non-hydrogen) atoms. The largest absolute Gasteiger partial charge is 0.490 e. The van der Waals surface area contributed by atoms with Crippen LogP contribution in [0.3, 0.4) is 0 Å². The number of halogens is 1. The van der Waals surface area contributed by atoms with Crippen LogP contribution in [-0.2, 0) is 16.2 Å². The average Bonchev–Trinajstić information content (AvgIpc) is 2.84. The summed E-state index contributed by atoms with van der Waals surface area (Å²) in [5.41, 5.74) is 1.56. The van der Waals surface area contributed by atoms with Gasteiger partial charge in [-0.2, -0.15) is 0 Å². The molecule has 0 saturated carbocycles. The number of imide groups is 2. The summed E-state index contributed by atoms with van der Waals surface area (Å²) in [6.45, 7) is 2.64. The van der Waals surface area contributed by atoms with E-state index in [9.17, 15) is 14.4 Å². The van der Waals surface area contributed by atoms with Crippen molar-refractivity contribution in [2.24, 2.45) is 0 Å². The molecule has 0 radical (unpaired) electrons. The van der Waals surface area contributed by atoms with Crippen LogP contribution in [0.1, 0.15) is 18.1 Å². The number of fused-ring (bicyclic) bond motifs is 1. The van der Waals surface area contributed by atoms with E-state index in [0.717, 1.165) is 29.7 Å². The molecule has 0 N–H and O–H groups in total. The third-order valence-electron chi connectivity index (χ3n) is 5.54. The highest BCUT2D eigenvalue weighted by atomic mass is 127. The van der Waals surface area contributed by atoms with E-state index in [1.807, 2.05) is 37.3 Å². The van der Waals surface area contributed by atoms with Gasteiger partial charge in [-0.05, 0) is 69.6 Å². The Balaban J connectivity index is 1.67. The molecular formula is C26H23IN2O5. The van der Waals surface area contributed by atoms with Gasteiger partial charge in [0.15, 0.2) is 11.5 Å². The molecule has 7 nitrogen and oxygen atoms in total. The molecule has 1 saturated heterocycles. The summed E-state index contributed by atoms with van der Waals surface area (Å²) in [7, 11) is 2.70. The second-order valence-electron chi connectivity index (χ2n) is 7.76. The summed E-state index contributed by atoms with van der Waals surface area (Å²) in [5, 5.41) is 2.26. The smallest absolute Gasteiger partial charge is 0.333 e. The highest BCUT2D eigenvalue weighted by molar-refractivity contribution is 14.1. The first kappa shape index (κ1) is 23.7. The molecule has 0 aromatic heterocycles. The molecule has 0 aliphatic carbocycles. The molecule has 0 spiro atoms. The molecule has 0 unspecified atom stereocenters. The number of barbiturate groups is 1. The van der Waals surface area contributed by atoms with Crippen LogP contribution in [0, 0.1) is 3.57 Å². The number of nitrogens with zero attached hydrogens (tertiary/aromatic N) is 2. The van der Waals surface area contributed by atoms with Crippen molar-refractivity contribution in [2.45, 2.75) is 13.5 Å². The summed E-state index contributed by atoms with van der Waals surface area (Å²) in [4.78, 5) is 39.0. The second kappa shape index (κ2) is 9.84. The Hall–Kier alpha value is -3.40. The molecule has 0 bridgehead atoms. The third kappa shape index (κ3) is 4.50. The van der Waals surface area contributed by atoms with Gasteiger partial charge < -0.3 is 9.47 Å². The van der Waals surface area contributed by atoms with Crippen LogP contribution in [0.5, 0.6) is 11.5 Å². The van der Waals surface area contributed by atoms with Gasteiger partial charge in [0.2, 0.25) is 0 Å². The number of carbonyl (C=O) groups is 3. The van der Waals surface area contributed by atoms with Crippen molar-refractivity contribution in [2.75, 3.05) is 20.7 Å². The normalized spacial score (nSPS) is 14.1. The molecule has 1 aliphatic heterocycles.